The lowest BCUT2D eigenvalue weighted by atomic mass is 10.2. The molecule has 1 N–H and O–H groups in total. The van der Waals surface area contributed by atoms with Gasteiger partial charge in [-0.05, 0) is 51.8 Å². The van der Waals surface area contributed by atoms with E-state index in [0.717, 1.165) is 16.2 Å². The van der Waals surface area contributed by atoms with Gasteiger partial charge in [0.05, 0.1) is 0 Å². The van der Waals surface area contributed by atoms with Gasteiger partial charge >= 0.3 is 0 Å². The molecule has 0 unspecified atom stereocenters. The first kappa shape index (κ1) is 13.3. The fraction of sp³-hybridized carbons (Fsp3) is 0.0769. The molecule has 0 aromatic heterocycles. The molecule has 0 aliphatic heterocycles. The van der Waals surface area contributed by atoms with E-state index in [2.05, 4.69) is 21.2 Å². The minimum atomic E-state index is -0.582. The van der Waals surface area contributed by atoms with Crippen molar-refractivity contribution in [3.63, 3.8) is 0 Å². The third-order valence-corrected chi connectivity index (χ3v) is 3.23. The van der Waals surface area contributed by atoms with E-state index in [4.69, 9.17) is 11.6 Å². The summed E-state index contributed by atoms with van der Waals surface area (Å²) in [6.07, 6.45) is 0. The molecule has 0 spiro atoms. The van der Waals surface area contributed by atoms with Crippen LogP contribution in [-0.2, 0) is 6.54 Å². The molecule has 0 aliphatic carbocycles. The predicted octanol–water partition coefficient (Wildman–Crippen LogP) is 4.99. The highest BCUT2D eigenvalue weighted by atomic mass is 79.9. The zero-order valence-electron chi connectivity index (χ0n) is 9.18. The Balaban J connectivity index is 2.11. The van der Waals surface area contributed by atoms with Gasteiger partial charge in [-0.15, -0.1) is 0 Å². The van der Waals surface area contributed by atoms with Crippen molar-refractivity contribution in [1.29, 1.82) is 0 Å². The molecule has 1 nitrogen and oxygen atoms in total. The molecule has 0 saturated heterocycles. The van der Waals surface area contributed by atoms with Crippen LogP contribution in [0.15, 0.2) is 40.9 Å². The van der Waals surface area contributed by atoms with E-state index in [1.807, 2.05) is 0 Å². The van der Waals surface area contributed by atoms with Crippen LogP contribution in [0.1, 0.15) is 5.56 Å². The first-order valence-electron chi connectivity index (χ1n) is 5.18. The fourth-order valence-electron chi connectivity index (χ4n) is 1.54. The second-order valence-corrected chi connectivity index (χ2v) is 5.05. The van der Waals surface area contributed by atoms with Gasteiger partial charge in [-0.3, -0.25) is 0 Å². The molecular weight excluding hydrogens is 324 g/mol. The molecule has 0 heterocycles. The van der Waals surface area contributed by atoms with E-state index in [1.165, 1.54) is 12.1 Å². The van der Waals surface area contributed by atoms with Gasteiger partial charge in [0.1, 0.15) is 11.6 Å². The molecule has 0 atom stereocenters. The highest BCUT2D eigenvalue weighted by Gasteiger charge is 2.03. The Kier molecular flexibility index (Phi) is 4.19. The van der Waals surface area contributed by atoms with Gasteiger partial charge in [0, 0.05) is 27.8 Å². The van der Waals surface area contributed by atoms with Crippen molar-refractivity contribution in [2.75, 3.05) is 5.32 Å². The van der Waals surface area contributed by atoms with Crippen LogP contribution in [-0.4, -0.2) is 0 Å². The van der Waals surface area contributed by atoms with Gasteiger partial charge in [-0.25, -0.2) is 8.78 Å². The summed E-state index contributed by atoms with van der Waals surface area (Å²) in [4.78, 5) is 0. The first-order valence-corrected chi connectivity index (χ1v) is 6.35. The molecule has 0 fully saturated rings. The maximum Gasteiger partial charge on any atom is 0.126 e. The van der Waals surface area contributed by atoms with E-state index < -0.39 is 11.6 Å². The Hall–Kier alpha value is -1.13. The zero-order valence-corrected chi connectivity index (χ0v) is 11.5. The zero-order chi connectivity index (χ0) is 13.1. The van der Waals surface area contributed by atoms with Crippen LogP contribution in [0, 0.1) is 11.6 Å². The van der Waals surface area contributed by atoms with Gasteiger partial charge in [-0.2, -0.15) is 0 Å². The molecular formula is C13H9BrClF2N. The van der Waals surface area contributed by atoms with E-state index in [0.29, 0.717) is 17.1 Å². The first-order chi connectivity index (χ1) is 8.54. The Bertz CT molecular complexity index is 555. The van der Waals surface area contributed by atoms with E-state index >= 15 is 0 Å². The molecule has 2 rings (SSSR count). The van der Waals surface area contributed by atoms with Gasteiger partial charge in [0.25, 0.3) is 0 Å². The van der Waals surface area contributed by atoms with Gasteiger partial charge < -0.3 is 5.32 Å². The average Bonchev–Trinajstić information content (AvgIpc) is 2.26. The number of benzene rings is 2. The smallest absolute Gasteiger partial charge is 0.126 e. The summed E-state index contributed by atoms with van der Waals surface area (Å²) in [7, 11) is 0. The third-order valence-electron chi connectivity index (χ3n) is 2.34. The molecule has 2 aromatic carbocycles. The quantitative estimate of drug-likeness (QED) is 0.834. The van der Waals surface area contributed by atoms with Crippen LogP contribution in [0.5, 0.6) is 0 Å². The summed E-state index contributed by atoms with van der Waals surface area (Å²) in [5, 5.41) is 3.69. The normalized spacial score (nSPS) is 10.4. The predicted molar refractivity (Wildman–Crippen MR) is 72.8 cm³/mol. The van der Waals surface area contributed by atoms with Crippen LogP contribution in [0.3, 0.4) is 0 Å². The fourth-order valence-corrected chi connectivity index (χ4v) is 2.37. The summed E-state index contributed by atoms with van der Waals surface area (Å²) >= 11 is 9.17. The Morgan fingerprint density at radius 3 is 2.33 bits per heavy atom. The van der Waals surface area contributed by atoms with Crippen LogP contribution >= 0.6 is 27.5 Å². The Morgan fingerprint density at radius 2 is 1.72 bits per heavy atom. The van der Waals surface area contributed by atoms with E-state index in [1.54, 1.807) is 18.2 Å². The molecule has 94 valence electrons. The largest absolute Gasteiger partial charge is 0.380 e. The summed E-state index contributed by atoms with van der Waals surface area (Å²) in [6.45, 7) is 0.328. The third kappa shape index (κ3) is 3.43. The molecule has 5 heteroatoms. The highest BCUT2D eigenvalue weighted by molar-refractivity contribution is 9.10. The van der Waals surface area contributed by atoms with Crippen molar-refractivity contribution in [2.24, 2.45) is 0 Å². The van der Waals surface area contributed by atoms with E-state index in [9.17, 15) is 8.78 Å². The van der Waals surface area contributed by atoms with Crippen molar-refractivity contribution in [3.8, 4) is 0 Å². The topological polar surface area (TPSA) is 12.0 Å². The van der Waals surface area contributed by atoms with Crippen molar-refractivity contribution in [2.45, 2.75) is 6.54 Å². The number of hydrogen-bond donors (Lipinski definition) is 1. The van der Waals surface area contributed by atoms with Crippen LogP contribution in [0.2, 0.25) is 5.02 Å². The molecule has 18 heavy (non-hydrogen) atoms. The second kappa shape index (κ2) is 5.67. The lowest BCUT2D eigenvalue weighted by Gasteiger charge is -2.09. The molecule has 2 aromatic rings. The van der Waals surface area contributed by atoms with Crippen molar-refractivity contribution in [1.82, 2.24) is 0 Å². The van der Waals surface area contributed by atoms with Gasteiger partial charge in [0.2, 0.25) is 0 Å². The van der Waals surface area contributed by atoms with Crippen LogP contribution in [0.4, 0.5) is 14.5 Å². The maximum absolute atomic E-state index is 13.0. The average molecular weight is 333 g/mol. The molecule has 0 aliphatic rings. The summed E-state index contributed by atoms with van der Waals surface area (Å²) in [5.74, 6) is -1.16. The number of hydrogen-bond acceptors (Lipinski definition) is 1. The number of nitrogens with one attached hydrogen (secondary N) is 1. The molecule has 0 amide bonds. The SMILES string of the molecule is Fc1cc(F)cc(CNc2ccc(Cl)cc2Br)c1. The number of anilines is 1. The van der Waals surface area contributed by atoms with Gasteiger partial charge in [-0.1, -0.05) is 11.6 Å². The van der Waals surface area contributed by atoms with Crippen molar-refractivity contribution >= 4 is 33.2 Å². The van der Waals surface area contributed by atoms with Crippen molar-refractivity contribution in [3.05, 3.63) is 63.1 Å². The lowest BCUT2D eigenvalue weighted by molar-refractivity contribution is 0.580. The molecule has 0 bridgehead atoms. The Labute approximate surface area is 117 Å². The number of rotatable bonds is 3. The summed E-state index contributed by atoms with van der Waals surface area (Å²) in [5.41, 5.74) is 1.35. The van der Waals surface area contributed by atoms with Gasteiger partial charge in [0.15, 0.2) is 0 Å². The summed E-state index contributed by atoms with van der Waals surface area (Å²) in [6, 6.07) is 8.71. The minimum Gasteiger partial charge on any atom is -0.380 e. The van der Waals surface area contributed by atoms with Crippen LogP contribution < -0.4 is 5.32 Å². The minimum absolute atomic E-state index is 0.328. The lowest BCUT2D eigenvalue weighted by Crippen LogP contribution is -2.01. The second-order valence-electron chi connectivity index (χ2n) is 3.76. The Morgan fingerprint density at radius 1 is 1.06 bits per heavy atom. The maximum atomic E-state index is 13.0. The number of halogens is 4. The standard InChI is InChI=1S/C13H9BrClF2N/c14-12-5-9(15)1-2-13(12)18-7-8-3-10(16)6-11(17)4-8/h1-6,18H,7H2. The summed E-state index contributed by atoms with van der Waals surface area (Å²) < 4.78 is 26.8. The molecule has 0 saturated carbocycles. The van der Waals surface area contributed by atoms with Crippen LogP contribution in [0.25, 0.3) is 0 Å². The van der Waals surface area contributed by atoms with Crippen molar-refractivity contribution < 1.29 is 8.78 Å². The monoisotopic (exact) mass is 331 g/mol. The molecule has 0 radical (unpaired) electrons. The highest BCUT2D eigenvalue weighted by Crippen LogP contribution is 2.26. The van der Waals surface area contributed by atoms with E-state index in [-0.39, 0.29) is 0 Å².